The van der Waals surface area contributed by atoms with E-state index in [1.165, 1.54) is 5.56 Å². The van der Waals surface area contributed by atoms with Crippen molar-refractivity contribution in [1.29, 1.82) is 0 Å². The van der Waals surface area contributed by atoms with Crippen LogP contribution in [-0.2, 0) is 0 Å². The Labute approximate surface area is 96.6 Å². The second kappa shape index (κ2) is 5.95. The lowest BCUT2D eigenvalue weighted by Gasteiger charge is -2.26. The van der Waals surface area contributed by atoms with Crippen molar-refractivity contribution in [2.45, 2.75) is 6.04 Å². The molecule has 0 unspecified atom stereocenters. The van der Waals surface area contributed by atoms with Crippen LogP contribution < -0.4 is 15.4 Å². The highest BCUT2D eigenvalue weighted by Crippen LogP contribution is 2.24. The van der Waals surface area contributed by atoms with E-state index < -0.39 is 0 Å². The predicted octanol–water partition coefficient (Wildman–Crippen LogP) is 1.35. The molecule has 1 heterocycles. The first-order chi connectivity index (χ1) is 6.92. The van der Waals surface area contributed by atoms with Crippen LogP contribution >= 0.6 is 12.4 Å². The molecule has 4 heteroatoms. The number of nitrogens with one attached hydrogen (secondary N) is 2. The topological polar surface area (TPSA) is 33.3 Å². The van der Waals surface area contributed by atoms with Gasteiger partial charge in [0, 0.05) is 31.2 Å². The third-order valence-electron chi connectivity index (χ3n) is 2.56. The van der Waals surface area contributed by atoms with Crippen LogP contribution in [0.4, 0.5) is 0 Å². The molecular weight excluding hydrogens is 212 g/mol. The summed E-state index contributed by atoms with van der Waals surface area (Å²) >= 11 is 0. The van der Waals surface area contributed by atoms with Crippen LogP contribution in [0.15, 0.2) is 24.3 Å². The number of para-hydroxylation sites is 1. The summed E-state index contributed by atoms with van der Waals surface area (Å²) in [6.07, 6.45) is 0. The van der Waals surface area contributed by atoms with Crippen LogP contribution in [-0.4, -0.2) is 26.7 Å². The van der Waals surface area contributed by atoms with Gasteiger partial charge in [0.2, 0.25) is 0 Å². The zero-order chi connectivity index (χ0) is 9.80. The lowest BCUT2D eigenvalue weighted by molar-refractivity contribution is 0.382. The minimum absolute atomic E-state index is 0. The summed E-state index contributed by atoms with van der Waals surface area (Å²) in [5.74, 6) is 0.966. The van der Waals surface area contributed by atoms with Gasteiger partial charge in [-0.25, -0.2) is 0 Å². The van der Waals surface area contributed by atoms with Crippen molar-refractivity contribution < 1.29 is 4.74 Å². The molecule has 0 spiro atoms. The van der Waals surface area contributed by atoms with E-state index in [-0.39, 0.29) is 12.4 Å². The zero-order valence-corrected chi connectivity index (χ0v) is 9.64. The number of benzene rings is 1. The SMILES string of the molecule is COc1ccccc1[C@@H]1CNCCN1.Cl. The highest BCUT2D eigenvalue weighted by atomic mass is 35.5. The van der Waals surface area contributed by atoms with E-state index in [2.05, 4.69) is 16.7 Å². The monoisotopic (exact) mass is 228 g/mol. The maximum atomic E-state index is 5.33. The molecule has 84 valence electrons. The van der Waals surface area contributed by atoms with Crippen molar-refractivity contribution in [3.63, 3.8) is 0 Å². The molecule has 1 atom stereocenters. The number of rotatable bonds is 2. The molecule has 3 nitrogen and oxygen atoms in total. The van der Waals surface area contributed by atoms with Gasteiger partial charge in [0.25, 0.3) is 0 Å². The van der Waals surface area contributed by atoms with E-state index in [1.807, 2.05) is 18.2 Å². The second-order valence-electron chi connectivity index (χ2n) is 3.45. The quantitative estimate of drug-likeness (QED) is 0.802. The summed E-state index contributed by atoms with van der Waals surface area (Å²) in [6, 6.07) is 8.54. The van der Waals surface area contributed by atoms with E-state index in [4.69, 9.17) is 4.74 Å². The van der Waals surface area contributed by atoms with Gasteiger partial charge < -0.3 is 15.4 Å². The molecule has 1 fully saturated rings. The summed E-state index contributed by atoms with van der Waals surface area (Å²) in [6.45, 7) is 3.04. The van der Waals surface area contributed by atoms with Crippen LogP contribution in [0.3, 0.4) is 0 Å². The lowest BCUT2D eigenvalue weighted by Crippen LogP contribution is -2.42. The van der Waals surface area contributed by atoms with Crippen LogP contribution in [0.25, 0.3) is 0 Å². The van der Waals surface area contributed by atoms with E-state index >= 15 is 0 Å². The first-order valence-electron chi connectivity index (χ1n) is 4.99. The standard InChI is InChI=1S/C11H16N2O.ClH/c1-14-11-5-3-2-4-9(11)10-8-12-6-7-13-10;/h2-5,10,12-13H,6-8H2,1H3;1H/t10-;/m0./s1. The third kappa shape index (κ3) is 2.84. The van der Waals surface area contributed by atoms with Gasteiger partial charge in [-0.3, -0.25) is 0 Å². The van der Waals surface area contributed by atoms with Crippen LogP contribution in [0.5, 0.6) is 5.75 Å². The minimum Gasteiger partial charge on any atom is -0.496 e. The molecule has 0 amide bonds. The van der Waals surface area contributed by atoms with Crippen molar-refractivity contribution in [3.8, 4) is 5.75 Å². The Kier molecular flexibility index (Phi) is 4.88. The Morgan fingerprint density at radius 3 is 2.73 bits per heavy atom. The molecule has 0 aromatic heterocycles. The van der Waals surface area contributed by atoms with Crippen molar-refractivity contribution >= 4 is 12.4 Å². The largest absolute Gasteiger partial charge is 0.496 e. The molecule has 15 heavy (non-hydrogen) atoms. The number of ether oxygens (including phenoxy) is 1. The lowest BCUT2D eigenvalue weighted by atomic mass is 10.0. The third-order valence-corrected chi connectivity index (χ3v) is 2.56. The number of piperazine rings is 1. The summed E-state index contributed by atoms with van der Waals surface area (Å²) < 4.78 is 5.33. The van der Waals surface area contributed by atoms with Gasteiger partial charge in [-0.2, -0.15) is 0 Å². The van der Waals surface area contributed by atoms with Crippen molar-refractivity contribution in [1.82, 2.24) is 10.6 Å². The van der Waals surface area contributed by atoms with Gasteiger partial charge in [0.05, 0.1) is 7.11 Å². The van der Waals surface area contributed by atoms with Gasteiger partial charge in [-0.15, -0.1) is 12.4 Å². The second-order valence-corrected chi connectivity index (χ2v) is 3.45. The van der Waals surface area contributed by atoms with Gasteiger partial charge in [0.1, 0.15) is 5.75 Å². The molecule has 0 radical (unpaired) electrons. The van der Waals surface area contributed by atoms with Gasteiger partial charge in [-0.1, -0.05) is 18.2 Å². The summed E-state index contributed by atoms with van der Waals surface area (Å²) in [4.78, 5) is 0. The van der Waals surface area contributed by atoms with E-state index in [1.54, 1.807) is 7.11 Å². The van der Waals surface area contributed by atoms with E-state index in [0.29, 0.717) is 6.04 Å². The molecule has 1 aliphatic heterocycles. The molecule has 0 bridgehead atoms. The number of hydrogen-bond acceptors (Lipinski definition) is 3. The van der Waals surface area contributed by atoms with E-state index in [9.17, 15) is 0 Å². The van der Waals surface area contributed by atoms with Crippen molar-refractivity contribution in [3.05, 3.63) is 29.8 Å². The first kappa shape index (κ1) is 12.3. The van der Waals surface area contributed by atoms with Crippen molar-refractivity contribution in [2.24, 2.45) is 0 Å². The average Bonchev–Trinajstić information content (AvgIpc) is 2.30. The molecule has 1 aromatic rings. The molecule has 1 saturated heterocycles. The molecule has 2 N–H and O–H groups in total. The molecule has 1 aromatic carbocycles. The molecular formula is C11H17ClN2O. The highest BCUT2D eigenvalue weighted by Gasteiger charge is 2.17. The minimum atomic E-state index is 0. The Morgan fingerprint density at radius 1 is 1.27 bits per heavy atom. The Morgan fingerprint density at radius 2 is 2.07 bits per heavy atom. The molecule has 2 rings (SSSR count). The number of halogens is 1. The molecule has 1 aliphatic rings. The van der Waals surface area contributed by atoms with Crippen LogP contribution in [0.1, 0.15) is 11.6 Å². The smallest absolute Gasteiger partial charge is 0.123 e. The summed E-state index contributed by atoms with van der Waals surface area (Å²) in [5.41, 5.74) is 1.24. The molecule has 0 aliphatic carbocycles. The highest BCUT2D eigenvalue weighted by molar-refractivity contribution is 5.85. The summed E-state index contributed by atoms with van der Waals surface area (Å²) in [5, 5.41) is 6.83. The number of hydrogen-bond donors (Lipinski definition) is 2. The van der Waals surface area contributed by atoms with Crippen LogP contribution in [0.2, 0.25) is 0 Å². The average molecular weight is 229 g/mol. The van der Waals surface area contributed by atoms with Gasteiger partial charge in [0.15, 0.2) is 0 Å². The maximum Gasteiger partial charge on any atom is 0.123 e. The fourth-order valence-electron chi connectivity index (χ4n) is 1.83. The number of methoxy groups -OCH3 is 1. The summed E-state index contributed by atoms with van der Waals surface area (Å²) in [7, 11) is 1.72. The normalized spacial score (nSPS) is 20.5. The zero-order valence-electron chi connectivity index (χ0n) is 8.82. The molecule has 0 saturated carbocycles. The fourth-order valence-corrected chi connectivity index (χ4v) is 1.83. The predicted molar refractivity (Wildman–Crippen MR) is 63.9 cm³/mol. The van der Waals surface area contributed by atoms with Gasteiger partial charge >= 0.3 is 0 Å². The van der Waals surface area contributed by atoms with Crippen LogP contribution in [0, 0.1) is 0 Å². The Balaban J connectivity index is 0.00000112. The van der Waals surface area contributed by atoms with Crippen molar-refractivity contribution in [2.75, 3.05) is 26.7 Å². The Bertz CT molecular complexity index is 300. The Hall–Kier alpha value is -0.770. The van der Waals surface area contributed by atoms with E-state index in [0.717, 1.165) is 25.4 Å². The fraction of sp³-hybridized carbons (Fsp3) is 0.455. The first-order valence-corrected chi connectivity index (χ1v) is 4.99. The maximum absolute atomic E-state index is 5.33. The van der Waals surface area contributed by atoms with Gasteiger partial charge in [-0.05, 0) is 6.07 Å².